The van der Waals surface area contributed by atoms with Gasteiger partial charge in [-0.15, -0.1) is 0 Å². The molecule has 0 radical (unpaired) electrons. The topological polar surface area (TPSA) is 79.2 Å². The number of carbonyl (C=O) groups excluding carboxylic acids is 2. The van der Waals surface area contributed by atoms with Gasteiger partial charge < -0.3 is 10.1 Å². The first-order valence-corrected chi connectivity index (χ1v) is 9.65. The summed E-state index contributed by atoms with van der Waals surface area (Å²) in [7, 11) is 0. The highest BCUT2D eigenvalue weighted by atomic mass is 16.5. The normalized spacial score (nSPS) is 10.9. The van der Waals surface area contributed by atoms with Crippen LogP contribution < -0.4 is 10.1 Å². The Balaban J connectivity index is 2.11. The van der Waals surface area contributed by atoms with E-state index in [9.17, 15) is 14.9 Å². The molecule has 0 saturated carbocycles. The van der Waals surface area contributed by atoms with Gasteiger partial charge in [-0.2, -0.15) is 5.26 Å². The van der Waals surface area contributed by atoms with Crippen LogP contribution in [0.1, 0.15) is 52.4 Å². The van der Waals surface area contributed by atoms with E-state index in [2.05, 4.69) is 5.32 Å². The molecule has 0 atom stereocenters. The highest BCUT2D eigenvalue weighted by Gasteiger charge is 2.15. The second-order valence-electron chi connectivity index (χ2n) is 7.01. The Hall–Kier alpha value is -3.39. The Morgan fingerprint density at radius 3 is 2.28 bits per heavy atom. The van der Waals surface area contributed by atoms with E-state index < -0.39 is 5.97 Å². The standard InChI is InChI=1S/C24H26N2O3/c1-5-6-11-26-23(27)20(15-25)14-19-7-9-21(10-8-19)29-24(28)22-17(3)12-16(2)13-18(22)4/h7-10,12-14H,5-6,11H2,1-4H3,(H,26,27)/b20-14+. The van der Waals surface area contributed by atoms with Crippen LogP contribution in [0.5, 0.6) is 5.75 Å². The Labute approximate surface area is 172 Å². The third-order valence-electron chi connectivity index (χ3n) is 4.46. The monoisotopic (exact) mass is 390 g/mol. The van der Waals surface area contributed by atoms with Crippen molar-refractivity contribution >= 4 is 18.0 Å². The molecule has 5 nitrogen and oxygen atoms in total. The van der Waals surface area contributed by atoms with E-state index >= 15 is 0 Å². The zero-order valence-electron chi connectivity index (χ0n) is 17.3. The molecule has 0 aromatic heterocycles. The van der Waals surface area contributed by atoms with Crippen LogP contribution in [0.4, 0.5) is 0 Å². The maximum absolute atomic E-state index is 12.6. The number of nitrogens with zero attached hydrogens (tertiary/aromatic N) is 1. The Morgan fingerprint density at radius 1 is 1.10 bits per heavy atom. The third kappa shape index (κ3) is 6.05. The summed E-state index contributed by atoms with van der Waals surface area (Å²) >= 11 is 0. The molecule has 29 heavy (non-hydrogen) atoms. The van der Waals surface area contributed by atoms with Crippen LogP contribution in [0.25, 0.3) is 6.08 Å². The van der Waals surface area contributed by atoms with Crippen molar-refractivity contribution in [3.63, 3.8) is 0 Å². The summed E-state index contributed by atoms with van der Waals surface area (Å²) in [5.41, 5.74) is 4.13. The van der Waals surface area contributed by atoms with Gasteiger partial charge in [0, 0.05) is 6.54 Å². The number of amides is 1. The second-order valence-corrected chi connectivity index (χ2v) is 7.01. The largest absolute Gasteiger partial charge is 0.423 e. The Morgan fingerprint density at radius 2 is 1.72 bits per heavy atom. The number of aryl methyl sites for hydroxylation is 3. The first-order chi connectivity index (χ1) is 13.8. The summed E-state index contributed by atoms with van der Waals surface area (Å²) in [4.78, 5) is 24.6. The lowest BCUT2D eigenvalue weighted by Gasteiger charge is -2.11. The van der Waals surface area contributed by atoms with E-state index in [0.29, 0.717) is 23.4 Å². The van der Waals surface area contributed by atoms with Gasteiger partial charge >= 0.3 is 5.97 Å². The molecule has 1 amide bonds. The minimum absolute atomic E-state index is 0.0387. The van der Waals surface area contributed by atoms with E-state index in [1.165, 1.54) is 6.08 Å². The third-order valence-corrected chi connectivity index (χ3v) is 4.46. The van der Waals surface area contributed by atoms with Gasteiger partial charge in [0.2, 0.25) is 0 Å². The van der Waals surface area contributed by atoms with Crippen LogP contribution in [0.15, 0.2) is 42.0 Å². The molecular formula is C24H26N2O3. The number of benzene rings is 2. The van der Waals surface area contributed by atoms with E-state index in [0.717, 1.165) is 29.5 Å². The summed E-state index contributed by atoms with van der Waals surface area (Å²) < 4.78 is 5.50. The summed E-state index contributed by atoms with van der Waals surface area (Å²) in [5.74, 6) is -0.393. The molecule has 2 aromatic carbocycles. The van der Waals surface area contributed by atoms with Crippen molar-refractivity contribution < 1.29 is 14.3 Å². The Kier molecular flexibility index (Phi) is 7.73. The van der Waals surface area contributed by atoms with Gasteiger partial charge in [0.1, 0.15) is 17.4 Å². The van der Waals surface area contributed by atoms with Gasteiger partial charge in [0.25, 0.3) is 5.91 Å². The van der Waals surface area contributed by atoms with Crippen LogP contribution in [-0.2, 0) is 4.79 Å². The summed E-state index contributed by atoms with van der Waals surface area (Å²) in [6.07, 6.45) is 3.35. The Bertz CT molecular complexity index is 944. The average Bonchev–Trinajstić information content (AvgIpc) is 2.66. The molecule has 0 bridgehead atoms. The molecule has 0 aliphatic heterocycles. The first kappa shape index (κ1) is 21.9. The zero-order chi connectivity index (χ0) is 21.4. The average molecular weight is 390 g/mol. The smallest absolute Gasteiger partial charge is 0.344 e. The van der Waals surface area contributed by atoms with Crippen molar-refractivity contribution in [1.29, 1.82) is 5.26 Å². The van der Waals surface area contributed by atoms with Crippen LogP contribution in [-0.4, -0.2) is 18.4 Å². The minimum Gasteiger partial charge on any atom is -0.423 e. The predicted octanol–water partition coefficient (Wildman–Crippen LogP) is 4.65. The van der Waals surface area contributed by atoms with Gasteiger partial charge in [-0.05, 0) is 62.1 Å². The highest BCUT2D eigenvalue weighted by molar-refractivity contribution is 6.01. The molecule has 1 N–H and O–H groups in total. The lowest BCUT2D eigenvalue weighted by atomic mass is 10.00. The van der Waals surface area contributed by atoms with Gasteiger partial charge in [0.05, 0.1) is 5.56 Å². The molecule has 0 aliphatic carbocycles. The minimum atomic E-state index is -0.406. The quantitative estimate of drug-likeness (QED) is 0.245. The van der Waals surface area contributed by atoms with Crippen molar-refractivity contribution in [1.82, 2.24) is 5.32 Å². The molecule has 150 valence electrons. The molecular weight excluding hydrogens is 364 g/mol. The highest BCUT2D eigenvalue weighted by Crippen LogP contribution is 2.20. The molecule has 2 rings (SSSR count). The van der Waals surface area contributed by atoms with Crippen LogP contribution >= 0.6 is 0 Å². The fourth-order valence-corrected chi connectivity index (χ4v) is 3.08. The van der Waals surface area contributed by atoms with Crippen LogP contribution in [0, 0.1) is 32.1 Å². The zero-order valence-corrected chi connectivity index (χ0v) is 17.3. The summed E-state index contributed by atoms with van der Waals surface area (Å²) in [6, 6.07) is 12.5. The maximum atomic E-state index is 12.6. The summed E-state index contributed by atoms with van der Waals surface area (Å²) in [5, 5.41) is 12.0. The number of hydrogen-bond acceptors (Lipinski definition) is 4. The SMILES string of the molecule is CCCCNC(=O)/C(C#N)=C/c1ccc(OC(=O)c2c(C)cc(C)cc2C)cc1. The van der Waals surface area contributed by atoms with Crippen molar-refractivity contribution in [3.05, 3.63) is 69.8 Å². The predicted molar refractivity (Wildman–Crippen MR) is 114 cm³/mol. The lowest BCUT2D eigenvalue weighted by Crippen LogP contribution is -2.25. The number of carbonyl (C=O) groups is 2. The van der Waals surface area contributed by atoms with Crippen molar-refractivity contribution in [3.8, 4) is 11.8 Å². The fraction of sp³-hybridized carbons (Fsp3) is 0.292. The molecule has 5 heteroatoms. The number of ether oxygens (including phenoxy) is 1. The fourth-order valence-electron chi connectivity index (χ4n) is 3.08. The van der Waals surface area contributed by atoms with Gasteiger partial charge in [-0.1, -0.05) is 43.2 Å². The molecule has 2 aromatic rings. The number of hydrogen-bond donors (Lipinski definition) is 1. The molecule has 0 saturated heterocycles. The molecule has 0 spiro atoms. The summed E-state index contributed by atoms with van der Waals surface area (Å²) in [6.45, 7) is 8.34. The number of rotatable bonds is 7. The van der Waals surface area contributed by atoms with E-state index in [4.69, 9.17) is 4.74 Å². The van der Waals surface area contributed by atoms with E-state index in [1.807, 2.05) is 45.9 Å². The molecule has 0 fully saturated rings. The van der Waals surface area contributed by atoms with Crippen molar-refractivity contribution in [2.75, 3.05) is 6.54 Å². The van der Waals surface area contributed by atoms with Crippen molar-refractivity contribution in [2.45, 2.75) is 40.5 Å². The maximum Gasteiger partial charge on any atom is 0.344 e. The van der Waals surface area contributed by atoms with Crippen molar-refractivity contribution in [2.24, 2.45) is 0 Å². The van der Waals surface area contributed by atoms with E-state index in [1.54, 1.807) is 24.3 Å². The van der Waals surface area contributed by atoms with Gasteiger partial charge in [0.15, 0.2) is 0 Å². The number of nitrogens with one attached hydrogen (secondary N) is 1. The number of esters is 1. The number of unbranched alkanes of at least 4 members (excludes halogenated alkanes) is 1. The van der Waals surface area contributed by atoms with Gasteiger partial charge in [-0.3, -0.25) is 4.79 Å². The lowest BCUT2D eigenvalue weighted by molar-refractivity contribution is -0.117. The molecule has 0 unspecified atom stereocenters. The van der Waals surface area contributed by atoms with Gasteiger partial charge in [-0.25, -0.2) is 4.79 Å². The molecule has 0 aliphatic rings. The van der Waals surface area contributed by atoms with Crippen LogP contribution in [0.3, 0.4) is 0 Å². The number of nitriles is 1. The first-order valence-electron chi connectivity index (χ1n) is 9.65. The second kappa shape index (κ2) is 10.2. The van der Waals surface area contributed by atoms with E-state index in [-0.39, 0.29) is 11.5 Å². The molecule has 0 heterocycles. The van der Waals surface area contributed by atoms with Crippen LogP contribution in [0.2, 0.25) is 0 Å².